The summed E-state index contributed by atoms with van der Waals surface area (Å²) in [5, 5.41) is 9.14. The maximum absolute atomic E-state index is 12.6. The minimum absolute atomic E-state index is 0.240. The smallest absolute Gasteiger partial charge is 0.336 e. The number of aliphatic carboxylic acids is 1. The first-order valence-corrected chi connectivity index (χ1v) is 5.83. The van der Waals surface area contributed by atoms with Gasteiger partial charge in [0.1, 0.15) is 5.82 Å². The Morgan fingerprint density at radius 2 is 1.88 bits per heavy atom. The van der Waals surface area contributed by atoms with Crippen LogP contribution in [-0.2, 0) is 14.6 Å². The van der Waals surface area contributed by atoms with Crippen LogP contribution in [-0.4, -0.2) is 31.9 Å². The summed E-state index contributed by atoms with van der Waals surface area (Å²) in [5.41, 5.74) is 0. The molecule has 1 atom stereocenters. The lowest BCUT2D eigenvalue weighted by Crippen LogP contribution is -2.41. The summed E-state index contributed by atoms with van der Waals surface area (Å²) in [6.45, 7) is 0. The van der Waals surface area contributed by atoms with Crippen molar-refractivity contribution in [2.45, 2.75) is 10.3 Å². The molecule has 0 saturated heterocycles. The van der Waals surface area contributed by atoms with E-state index < -0.39 is 27.0 Å². The molecule has 16 heavy (non-hydrogen) atoms. The Labute approximate surface area is 91.8 Å². The first kappa shape index (κ1) is 12.6. The fourth-order valence-corrected chi connectivity index (χ4v) is 2.54. The van der Waals surface area contributed by atoms with Crippen molar-refractivity contribution in [3.8, 4) is 0 Å². The van der Waals surface area contributed by atoms with Gasteiger partial charge in [-0.15, -0.1) is 0 Å². The molecule has 0 radical (unpaired) electrons. The molecule has 5 nitrogen and oxygen atoms in total. The first-order valence-electron chi connectivity index (χ1n) is 4.29. The van der Waals surface area contributed by atoms with Crippen molar-refractivity contribution >= 4 is 15.8 Å². The molecule has 0 amide bonds. The number of carbonyl (C=O) groups is 1. The van der Waals surface area contributed by atoms with Crippen LogP contribution in [0.2, 0.25) is 0 Å². The zero-order valence-corrected chi connectivity index (χ0v) is 9.16. The van der Waals surface area contributed by atoms with E-state index in [2.05, 4.69) is 5.32 Å². The van der Waals surface area contributed by atoms with Crippen LogP contribution in [0, 0.1) is 5.82 Å². The van der Waals surface area contributed by atoms with Crippen LogP contribution >= 0.6 is 0 Å². The SMILES string of the molecule is CNC(C(=O)O)S(=O)(=O)c1ccc(F)cc1. The molecular weight excluding hydrogens is 237 g/mol. The summed E-state index contributed by atoms with van der Waals surface area (Å²) >= 11 is 0. The number of hydrogen-bond donors (Lipinski definition) is 2. The van der Waals surface area contributed by atoms with Gasteiger partial charge in [0.2, 0.25) is 15.2 Å². The van der Waals surface area contributed by atoms with E-state index in [0.717, 1.165) is 24.3 Å². The first-order chi connectivity index (χ1) is 7.39. The minimum atomic E-state index is -4.04. The minimum Gasteiger partial charge on any atom is -0.479 e. The van der Waals surface area contributed by atoms with E-state index in [1.165, 1.54) is 7.05 Å². The second-order valence-electron chi connectivity index (χ2n) is 3.01. The highest BCUT2D eigenvalue weighted by Crippen LogP contribution is 2.15. The molecule has 1 aromatic carbocycles. The maximum atomic E-state index is 12.6. The lowest BCUT2D eigenvalue weighted by Gasteiger charge is -2.12. The van der Waals surface area contributed by atoms with Gasteiger partial charge in [0.15, 0.2) is 0 Å². The molecule has 0 fully saturated rings. The number of likely N-dealkylation sites (N-methyl/N-ethyl adjacent to an activating group) is 1. The number of rotatable bonds is 4. The van der Waals surface area contributed by atoms with Crippen LogP contribution in [0.25, 0.3) is 0 Å². The van der Waals surface area contributed by atoms with E-state index in [1.807, 2.05) is 0 Å². The van der Waals surface area contributed by atoms with Crippen molar-refractivity contribution in [2.75, 3.05) is 7.05 Å². The third-order valence-corrected chi connectivity index (χ3v) is 3.93. The molecule has 1 rings (SSSR count). The topological polar surface area (TPSA) is 83.5 Å². The maximum Gasteiger partial charge on any atom is 0.336 e. The molecular formula is C9H10FNO4S. The van der Waals surface area contributed by atoms with E-state index in [9.17, 15) is 17.6 Å². The summed E-state index contributed by atoms with van der Waals surface area (Å²) in [4.78, 5) is 10.5. The zero-order valence-electron chi connectivity index (χ0n) is 8.34. The molecule has 2 N–H and O–H groups in total. The highest BCUT2D eigenvalue weighted by atomic mass is 32.2. The number of nitrogens with one attached hydrogen (secondary N) is 1. The lowest BCUT2D eigenvalue weighted by atomic mass is 10.4. The normalized spacial score (nSPS) is 13.4. The number of halogens is 1. The molecule has 88 valence electrons. The van der Waals surface area contributed by atoms with Crippen LogP contribution in [0.15, 0.2) is 29.2 Å². The molecule has 0 saturated carbocycles. The van der Waals surface area contributed by atoms with Gasteiger partial charge in [-0.3, -0.25) is 5.32 Å². The fraction of sp³-hybridized carbons (Fsp3) is 0.222. The second-order valence-corrected chi connectivity index (χ2v) is 5.04. The van der Waals surface area contributed by atoms with Gasteiger partial charge in [-0.05, 0) is 31.3 Å². The van der Waals surface area contributed by atoms with Crippen LogP contribution < -0.4 is 5.32 Å². The largest absolute Gasteiger partial charge is 0.479 e. The van der Waals surface area contributed by atoms with Crippen molar-refractivity contribution in [3.05, 3.63) is 30.1 Å². The third kappa shape index (κ3) is 2.37. The van der Waals surface area contributed by atoms with Crippen LogP contribution in [0.1, 0.15) is 0 Å². The van der Waals surface area contributed by atoms with Gasteiger partial charge in [-0.25, -0.2) is 17.6 Å². The van der Waals surface area contributed by atoms with Crippen LogP contribution in [0.3, 0.4) is 0 Å². The fourth-order valence-electron chi connectivity index (χ4n) is 1.17. The van der Waals surface area contributed by atoms with E-state index >= 15 is 0 Å². The van der Waals surface area contributed by atoms with Gasteiger partial charge in [0, 0.05) is 0 Å². The van der Waals surface area contributed by atoms with Crippen molar-refractivity contribution in [1.29, 1.82) is 0 Å². The number of carboxylic acids is 1. The Hall–Kier alpha value is -1.47. The number of sulfone groups is 1. The average Bonchev–Trinajstić information content (AvgIpc) is 2.18. The molecule has 0 spiro atoms. The van der Waals surface area contributed by atoms with Crippen molar-refractivity contribution in [1.82, 2.24) is 5.32 Å². The van der Waals surface area contributed by atoms with Crippen molar-refractivity contribution < 1.29 is 22.7 Å². The van der Waals surface area contributed by atoms with Gasteiger partial charge in [0.05, 0.1) is 4.90 Å². The Morgan fingerprint density at radius 1 is 1.38 bits per heavy atom. The standard InChI is InChI=1S/C9H10FNO4S/c1-11-8(9(12)13)16(14,15)7-4-2-6(10)3-5-7/h2-5,8,11H,1H3,(H,12,13). The molecule has 0 bridgehead atoms. The van der Waals surface area contributed by atoms with Gasteiger partial charge < -0.3 is 5.11 Å². The molecule has 1 aromatic rings. The Kier molecular flexibility index (Phi) is 3.61. The van der Waals surface area contributed by atoms with E-state index in [4.69, 9.17) is 5.11 Å². The van der Waals surface area contributed by atoms with Crippen LogP contribution in [0.5, 0.6) is 0 Å². The van der Waals surface area contributed by atoms with E-state index in [0.29, 0.717) is 0 Å². The second kappa shape index (κ2) is 4.58. The average molecular weight is 247 g/mol. The third-order valence-electron chi connectivity index (χ3n) is 1.94. The van der Waals surface area contributed by atoms with E-state index in [1.54, 1.807) is 0 Å². The van der Waals surface area contributed by atoms with Crippen molar-refractivity contribution in [3.63, 3.8) is 0 Å². The summed E-state index contributed by atoms with van der Waals surface area (Å²) in [6, 6.07) is 3.97. The summed E-state index contributed by atoms with van der Waals surface area (Å²) in [5.74, 6) is -2.10. The summed E-state index contributed by atoms with van der Waals surface area (Å²) in [6.07, 6.45) is 0. The predicted octanol–water partition coefficient (Wildman–Crippen LogP) is 0.229. The molecule has 0 heterocycles. The molecule has 0 aliphatic rings. The summed E-state index contributed by atoms with van der Waals surface area (Å²) < 4.78 is 36.1. The van der Waals surface area contributed by atoms with Gasteiger partial charge >= 0.3 is 5.97 Å². The molecule has 0 aliphatic heterocycles. The zero-order chi connectivity index (χ0) is 12.3. The number of hydrogen-bond acceptors (Lipinski definition) is 4. The van der Waals surface area contributed by atoms with Gasteiger partial charge in [-0.1, -0.05) is 0 Å². The van der Waals surface area contributed by atoms with Crippen molar-refractivity contribution in [2.24, 2.45) is 0 Å². The lowest BCUT2D eigenvalue weighted by molar-refractivity contribution is -0.137. The van der Waals surface area contributed by atoms with Crippen LogP contribution in [0.4, 0.5) is 4.39 Å². The van der Waals surface area contributed by atoms with Gasteiger partial charge in [-0.2, -0.15) is 0 Å². The van der Waals surface area contributed by atoms with Gasteiger partial charge in [0.25, 0.3) is 0 Å². The quantitative estimate of drug-likeness (QED) is 0.744. The predicted molar refractivity (Wildman–Crippen MR) is 54.1 cm³/mol. The van der Waals surface area contributed by atoms with E-state index in [-0.39, 0.29) is 4.90 Å². The molecule has 0 aliphatic carbocycles. The Morgan fingerprint density at radius 3 is 2.25 bits per heavy atom. The Bertz CT molecular complexity index is 483. The molecule has 1 unspecified atom stereocenters. The highest BCUT2D eigenvalue weighted by molar-refractivity contribution is 7.92. The molecule has 0 aromatic heterocycles. The monoisotopic (exact) mass is 247 g/mol. The highest BCUT2D eigenvalue weighted by Gasteiger charge is 2.32. The summed E-state index contributed by atoms with van der Waals surface area (Å²) in [7, 11) is -2.82. The number of benzene rings is 1. The Balaban J connectivity index is 3.20. The molecule has 7 heteroatoms. The number of carboxylic acid groups (broad SMARTS) is 1.